The van der Waals surface area contributed by atoms with Gasteiger partial charge in [-0.3, -0.25) is 9.52 Å². The van der Waals surface area contributed by atoms with Crippen molar-refractivity contribution in [2.45, 2.75) is 20.3 Å². The zero-order valence-electron chi connectivity index (χ0n) is 14.9. The van der Waals surface area contributed by atoms with E-state index < -0.39 is 10.9 Å². The van der Waals surface area contributed by atoms with Crippen molar-refractivity contribution in [1.82, 2.24) is 4.98 Å². The van der Waals surface area contributed by atoms with Crippen molar-refractivity contribution in [3.05, 3.63) is 64.8 Å². The standard InChI is InChI=1S/C20H19ClN2O3S/c1-3-17(24)20-18(13-6-10-16(11-7-13)23-27(25)26)12(2)19(22-20)14-4-8-15(21)9-5-14/h4-11,22,27H,3H2,1-2H3,(H,23,25,26). The van der Waals surface area contributed by atoms with Gasteiger partial charge in [-0.05, 0) is 47.9 Å². The summed E-state index contributed by atoms with van der Waals surface area (Å²) in [4.78, 5) is 15.8. The number of aromatic nitrogens is 1. The van der Waals surface area contributed by atoms with Gasteiger partial charge in [-0.1, -0.05) is 42.8 Å². The van der Waals surface area contributed by atoms with E-state index in [9.17, 15) is 13.2 Å². The van der Waals surface area contributed by atoms with Crippen LogP contribution in [-0.2, 0) is 10.9 Å². The summed E-state index contributed by atoms with van der Waals surface area (Å²) in [5, 5.41) is 0.646. The molecule has 140 valence electrons. The Morgan fingerprint density at radius 2 is 1.63 bits per heavy atom. The van der Waals surface area contributed by atoms with E-state index in [4.69, 9.17) is 11.6 Å². The fourth-order valence-corrected chi connectivity index (χ4v) is 3.55. The lowest BCUT2D eigenvalue weighted by Gasteiger charge is -2.06. The van der Waals surface area contributed by atoms with Crippen molar-refractivity contribution in [3.63, 3.8) is 0 Å². The van der Waals surface area contributed by atoms with E-state index in [1.165, 1.54) is 0 Å². The molecule has 0 amide bonds. The van der Waals surface area contributed by atoms with Crippen LogP contribution in [0.15, 0.2) is 48.5 Å². The Morgan fingerprint density at radius 3 is 2.19 bits per heavy atom. The number of nitrogens with one attached hydrogen (secondary N) is 2. The second-order valence-electron chi connectivity index (χ2n) is 6.10. The van der Waals surface area contributed by atoms with Crippen LogP contribution in [0.5, 0.6) is 0 Å². The molecule has 0 spiro atoms. The monoisotopic (exact) mass is 402 g/mol. The van der Waals surface area contributed by atoms with Gasteiger partial charge >= 0.3 is 0 Å². The minimum atomic E-state index is -2.72. The summed E-state index contributed by atoms with van der Waals surface area (Å²) in [7, 11) is -2.72. The van der Waals surface area contributed by atoms with Crippen LogP contribution >= 0.6 is 11.6 Å². The molecule has 2 N–H and O–H groups in total. The molecular weight excluding hydrogens is 384 g/mol. The van der Waals surface area contributed by atoms with Gasteiger partial charge in [0.15, 0.2) is 5.78 Å². The summed E-state index contributed by atoms with van der Waals surface area (Å²) in [5.41, 5.74) is 5.44. The maximum atomic E-state index is 12.5. The highest BCUT2D eigenvalue weighted by Gasteiger charge is 2.20. The van der Waals surface area contributed by atoms with Gasteiger partial charge in [0.1, 0.15) is 0 Å². The highest BCUT2D eigenvalue weighted by molar-refractivity contribution is 7.73. The Bertz CT molecular complexity index is 1040. The number of Topliss-reactive ketones (excluding diaryl/α,β-unsaturated/α-hetero) is 1. The van der Waals surface area contributed by atoms with Crippen molar-refractivity contribution in [1.29, 1.82) is 0 Å². The highest BCUT2D eigenvalue weighted by atomic mass is 35.5. The summed E-state index contributed by atoms with van der Waals surface area (Å²) in [6, 6.07) is 14.4. The van der Waals surface area contributed by atoms with Gasteiger partial charge in [-0.15, -0.1) is 0 Å². The minimum absolute atomic E-state index is 0.0122. The normalized spacial score (nSPS) is 11.0. The summed E-state index contributed by atoms with van der Waals surface area (Å²) in [6.45, 7) is 3.78. The Kier molecular flexibility index (Phi) is 5.68. The smallest absolute Gasteiger partial charge is 0.222 e. The second-order valence-corrected chi connectivity index (χ2v) is 7.28. The van der Waals surface area contributed by atoms with Crippen LogP contribution in [0.4, 0.5) is 5.69 Å². The molecule has 1 heterocycles. The number of halogens is 1. The van der Waals surface area contributed by atoms with E-state index in [0.717, 1.165) is 27.9 Å². The van der Waals surface area contributed by atoms with Crippen LogP contribution in [0.3, 0.4) is 0 Å². The van der Waals surface area contributed by atoms with Gasteiger partial charge in [-0.25, -0.2) is 8.42 Å². The molecule has 0 atom stereocenters. The third kappa shape index (κ3) is 4.07. The number of ketones is 1. The molecule has 2 aromatic carbocycles. The molecule has 0 aliphatic carbocycles. The molecule has 0 bridgehead atoms. The molecule has 27 heavy (non-hydrogen) atoms. The number of rotatable bonds is 6. The van der Waals surface area contributed by atoms with Crippen molar-refractivity contribution in [3.8, 4) is 22.4 Å². The largest absolute Gasteiger partial charge is 0.351 e. The summed E-state index contributed by atoms with van der Waals surface area (Å²) in [6.07, 6.45) is 0.378. The predicted octanol–water partition coefficient (Wildman–Crippen LogP) is 4.84. The topological polar surface area (TPSA) is 79.0 Å². The van der Waals surface area contributed by atoms with Crippen molar-refractivity contribution < 1.29 is 13.2 Å². The van der Waals surface area contributed by atoms with E-state index >= 15 is 0 Å². The summed E-state index contributed by atoms with van der Waals surface area (Å²) in [5.74, 6) is 0.0122. The fourth-order valence-electron chi connectivity index (χ4n) is 3.06. The molecule has 0 radical (unpaired) electrons. The first-order valence-electron chi connectivity index (χ1n) is 8.44. The molecule has 0 saturated heterocycles. The van der Waals surface area contributed by atoms with Gasteiger partial charge in [0.05, 0.1) is 5.69 Å². The molecule has 0 saturated carbocycles. The molecule has 1 aromatic heterocycles. The van der Waals surface area contributed by atoms with E-state index in [1.807, 2.05) is 38.1 Å². The third-order valence-electron chi connectivity index (χ3n) is 4.38. The number of H-pyrrole nitrogens is 1. The van der Waals surface area contributed by atoms with Gasteiger partial charge in [0, 0.05) is 28.4 Å². The molecular formula is C20H19ClN2O3S. The second kappa shape index (κ2) is 7.98. The number of carbonyl (C=O) groups excluding carboxylic acids is 1. The lowest BCUT2D eigenvalue weighted by Crippen LogP contribution is -2.00. The SMILES string of the molecule is CCC(=O)c1[nH]c(-c2ccc(Cl)cc2)c(C)c1-c1ccc(N[SH](=O)=O)cc1. The number of aromatic amines is 1. The third-order valence-corrected chi connectivity index (χ3v) is 5.07. The lowest BCUT2D eigenvalue weighted by molar-refractivity contribution is 0.0984. The molecule has 0 fully saturated rings. The first kappa shape index (κ1) is 19.2. The number of thiol groups is 1. The van der Waals surface area contributed by atoms with Crippen LogP contribution in [0, 0.1) is 6.92 Å². The fraction of sp³-hybridized carbons (Fsp3) is 0.150. The average molecular weight is 403 g/mol. The van der Waals surface area contributed by atoms with Crippen molar-refractivity contribution >= 4 is 34.0 Å². The zero-order chi connectivity index (χ0) is 19.6. The first-order valence-corrected chi connectivity index (χ1v) is 9.99. The lowest BCUT2D eigenvalue weighted by atomic mass is 9.97. The molecule has 0 unspecified atom stereocenters. The number of hydrogen-bond acceptors (Lipinski definition) is 3. The minimum Gasteiger partial charge on any atom is -0.351 e. The molecule has 5 nitrogen and oxygen atoms in total. The van der Waals surface area contributed by atoms with Crippen LogP contribution in [0.25, 0.3) is 22.4 Å². The van der Waals surface area contributed by atoms with Crippen LogP contribution in [-0.4, -0.2) is 19.2 Å². The van der Waals surface area contributed by atoms with Crippen molar-refractivity contribution in [2.24, 2.45) is 0 Å². The van der Waals surface area contributed by atoms with E-state index in [0.29, 0.717) is 22.8 Å². The molecule has 7 heteroatoms. The Morgan fingerprint density at radius 1 is 1.04 bits per heavy atom. The van der Waals surface area contributed by atoms with E-state index in [1.54, 1.807) is 24.3 Å². The molecule has 0 aliphatic rings. The number of hydrogen-bond donors (Lipinski definition) is 3. The average Bonchev–Trinajstić information content (AvgIpc) is 2.99. The van der Waals surface area contributed by atoms with E-state index in [-0.39, 0.29) is 5.78 Å². The van der Waals surface area contributed by atoms with E-state index in [2.05, 4.69) is 9.71 Å². The van der Waals surface area contributed by atoms with Gasteiger partial charge in [0.2, 0.25) is 10.9 Å². The van der Waals surface area contributed by atoms with Crippen LogP contribution in [0.1, 0.15) is 29.4 Å². The molecule has 3 rings (SSSR count). The van der Waals surface area contributed by atoms with Gasteiger partial charge < -0.3 is 4.98 Å². The molecule has 0 aliphatic heterocycles. The summed E-state index contributed by atoms with van der Waals surface area (Å²) < 4.78 is 24.0. The van der Waals surface area contributed by atoms with Gasteiger partial charge in [0.25, 0.3) is 0 Å². The predicted molar refractivity (Wildman–Crippen MR) is 110 cm³/mol. The van der Waals surface area contributed by atoms with Crippen molar-refractivity contribution in [2.75, 3.05) is 4.72 Å². The highest BCUT2D eigenvalue weighted by Crippen LogP contribution is 2.36. The number of anilines is 1. The van der Waals surface area contributed by atoms with Crippen LogP contribution < -0.4 is 4.72 Å². The Labute approximate surface area is 164 Å². The Hall–Kier alpha value is -2.57. The number of benzene rings is 2. The maximum Gasteiger partial charge on any atom is 0.222 e. The quantitative estimate of drug-likeness (QED) is 0.407. The summed E-state index contributed by atoms with van der Waals surface area (Å²) >= 11 is 5.98. The maximum absolute atomic E-state index is 12.5. The van der Waals surface area contributed by atoms with Gasteiger partial charge in [-0.2, -0.15) is 0 Å². The molecule has 3 aromatic rings. The van der Waals surface area contributed by atoms with Crippen LogP contribution in [0.2, 0.25) is 5.02 Å². The Balaban J connectivity index is 2.13. The first-order chi connectivity index (χ1) is 12.9. The zero-order valence-corrected chi connectivity index (χ0v) is 16.5. The number of carbonyl (C=O) groups is 1.